The molecule has 2 amide bonds. The minimum Gasteiger partial charge on any atom is -0.326 e. The molecule has 7 heteroatoms. The molecule has 2 rings (SSSR count). The number of halogens is 2. The number of rotatable bonds is 4. The van der Waals surface area contributed by atoms with Crippen LogP contribution in [-0.2, 0) is 9.59 Å². The van der Waals surface area contributed by atoms with Crippen LogP contribution in [0.4, 0.5) is 11.4 Å². The number of nitriles is 1. The fraction of sp³-hybridized carbons (Fsp3) is 0.0556. The molecule has 0 aliphatic rings. The zero-order valence-electron chi connectivity index (χ0n) is 13.1. The number of benzene rings is 2. The Morgan fingerprint density at radius 3 is 2.00 bits per heavy atom. The minimum atomic E-state index is -0.592. The van der Waals surface area contributed by atoms with Crippen LogP contribution in [0.3, 0.4) is 0 Å². The maximum atomic E-state index is 12.3. The lowest BCUT2D eigenvalue weighted by Gasteiger charge is -2.07. The number of hydrogen-bond acceptors (Lipinski definition) is 3. The molecule has 126 valence electrons. The summed E-state index contributed by atoms with van der Waals surface area (Å²) in [5, 5.41) is 15.2. The van der Waals surface area contributed by atoms with Gasteiger partial charge in [-0.3, -0.25) is 9.59 Å². The summed E-state index contributed by atoms with van der Waals surface area (Å²) in [6.45, 7) is 1.40. The molecule has 0 unspecified atom stereocenters. The highest BCUT2D eigenvalue weighted by Gasteiger charge is 2.12. The smallest absolute Gasteiger partial charge is 0.266 e. The van der Waals surface area contributed by atoms with Crippen molar-refractivity contribution < 1.29 is 9.59 Å². The van der Waals surface area contributed by atoms with E-state index in [0.717, 1.165) is 0 Å². The zero-order chi connectivity index (χ0) is 18.4. The zero-order valence-corrected chi connectivity index (χ0v) is 14.7. The molecule has 25 heavy (non-hydrogen) atoms. The van der Waals surface area contributed by atoms with Gasteiger partial charge in [0.05, 0.1) is 0 Å². The average Bonchev–Trinajstić information content (AvgIpc) is 2.56. The van der Waals surface area contributed by atoms with Crippen LogP contribution < -0.4 is 10.6 Å². The van der Waals surface area contributed by atoms with Gasteiger partial charge in [-0.1, -0.05) is 29.3 Å². The summed E-state index contributed by atoms with van der Waals surface area (Å²) in [5.74, 6) is -0.783. The Balaban J connectivity index is 2.19. The van der Waals surface area contributed by atoms with E-state index in [1.54, 1.807) is 42.5 Å². The van der Waals surface area contributed by atoms with E-state index in [9.17, 15) is 14.9 Å². The molecule has 5 nitrogen and oxygen atoms in total. The van der Waals surface area contributed by atoms with Crippen LogP contribution in [0.2, 0.25) is 10.0 Å². The number of carbonyl (C=O) groups excluding carboxylic acids is 2. The van der Waals surface area contributed by atoms with Crippen LogP contribution in [0.25, 0.3) is 6.08 Å². The summed E-state index contributed by atoms with van der Waals surface area (Å²) in [7, 11) is 0. The van der Waals surface area contributed by atoms with Gasteiger partial charge in [-0.05, 0) is 42.5 Å². The van der Waals surface area contributed by atoms with E-state index in [-0.39, 0.29) is 11.5 Å². The van der Waals surface area contributed by atoms with Crippen LogP contribution >= 0.6 is 23.2 Å². The SMILES string of the molecule is CC(=O)Nc1ccc(NC(=O)C(C#N)=Cc2c(Cl)cccc2Cl)cc1. The maximum absolute atomic E-state index is 12.3. The summed E-state index contributed by atoms with van der Waals surface area (Å²) in [6, 6.07) is 13.2. The third-order valence-electron chi connectivity index (χ3n) is 3.12. The highest BCUT2D eigenvalue weighted by molar-refractivity contribution is 6.37. The quantitative estimate of drug-likeness (QED) is 0.611. The van der Waals surface area contributed by atoms with Gasteiger partial charge in [-0.15, -0.1) is 0 Å². The third-order valence-corrected chi connectivity index (χ3v) is 3.78. The van der Waals surface area contributed by atoms with Crippen molar-refractivity contribution >= 4 is 52.5 Å². The van der Waals surface area contributed by atoms with E-state index < -0.39 is 5.91 Å². The Morgan fingerprint density at radius 2 is 1.52 bits per heavy atom. The standard InChI is InChI=1S/C18H13Cl2N3O2/c1-11(24)22-13-5-7-14(8-6-13)23-18(25)12(10-21)9-15-16(19)3-2-4-17(15)20/h2-9H,1H3,(H,22,24)(H,23,25). The Labute approximate surface area is 154 Å². The van der Waals surface area contributed by atoms with Crippen molar-refractivity contribution in [2.24, 2.45) is 0 Å². The summed E-state index contributed by atoms with van der Waals surface area (Å²) in [4.78, 5) is 23.3. The Kier molecular flexibility index (Phi) is 6.18. The number of amides is 2. The van der Waals surface area contributed by atoms with Gasteiger partial charge in [0.2, 0.25) is 5.91 Å². The van der Waals surface area contributed by atoms with Crippen molar-refractivity contribution in [3.8, 4) is 6.07 Å². The molecule has 0 heterocycles. The van der Waals surface area contributed by atoms with Crippen molar-refractivity contribution in [2.75, 3.05) is 10.6 Å². The fourth-order valence-electron chi connectivity index (χ4n) is 1.98. The largest absolute Gasteiger partial charge is 0.326 e. The van der Waals surface area contributed by atoms with Crippen molar-refractivity contribution in [3.63, 3.8) is 0 Å². The van der Waals surface area contributed by atoms with E-state index in [1.165, 1.54) is 13.0 Å². The van der Waals surface area contributed by atoms with Crippen LogP contribution in [0, 0.1) is 11.3 Å². The number of hydrogen-bond donors (Lipinski definition) is 2. The van der Waals surface area contributed by atoms with Crippen molar-refractivity contribution in [1.29, 1.82) is 5.26 Å². The molecule has 2 aromatic carbocycles. The summed E-state index contributed by atoms with van der Waals surface area (Å²) in [5.41, 5.74) is 1.34. The van der Waals surface area contributed by atoms with Gasteiger partial charge in [0.1, 0.15) is 11.6 Å². The van der Waals surface area contributed by atoms with Crippen LogP contribution in [0.15, 0.2) is 48.0 Å². The molecule has 0 atom stereocenters. The highest BCUT2D eigenvalue weighted by atomic mass is 35.5. The Morgan fingerprint density at radius 1 is 1.00 bits per heavy atom. The van der Waals surface area contributed by atoms with Crippen molar-refractivity contribution in [3.05, 3.63) is 63.6 Å². The molecule has 0 aliphatic carbocycles. The third kappa shape index (κ3) is 5.08. The summed E-state index contributed by atoms with van der Waals surface area (Å²) in [6.07, 6.45) is 1.34. The van der Waals surface area contributed by atoms with Gasteiger partial charge < -0.3 is 10.6 Å². The lowest BCUT2D eigenvalue weighted by Crippen LogP contribution is -2.13. The molecule has 2 aromatic rings. The summed E-state index contributed by atoms with van der Waals surface area (Å²) >= 11 is 12.1. The van der Waals surface area contributed by atoms with Gasteiger partial charge in [0.15, 0.2) is 0 Å². The topological polar surface area (TPSA) is 82.0 Å². The van der Waals surface area contributed by atoms with Crippen LogP contribution in [0.5, 0.6) is 0 Å². The molecule has 0 aliphatic heterocycles. The Bertz CT molecular complexity index is 864. The molecule has 2 N–H and O–H groups in total. The molecular formula is C18H13Cl2N3O2. The lowest BCUT2D eigenvalue weighted by molar-refractivity contribution is -0.114. The van der Waals surface area contributed by atoms with Gasteiger partial charge in [0.25, 0.3) is 5.91 Å². The monoisotopic (exact) mass is 373 g/mol. The van der Waals surface area contributed by atoms with Crippen LogP contribution in [0.1, 0.15) is 12.5 Å². The van der Waals surface area contributed by atoms with Crippen LogP contribution in [-0.4, -0.2) is 11.8 Å². The second-order valence-corrected chi connectivity index (χ2v) is 5.83. The first-order valence-corrected chi connectivity index (χ1v) is 7.91. The first kappa shape index (κ1) is 18.5. The Hall–Kier alpha value is -2.81. The van der Waals surface area contributed by atoms with Gasteiger partial charge in [-0.25, -0.2) is 0 Å². The molecule has 0 fully saturated rings. The molecule has 0 spiro atoms. The highest BCUT2D eigenvalue weighted by Crippen LogP contribution is 2.27. The number of nitrogens with zero attached hydrogens (tertiary/aromatic N) is 1. The first-order valence-electron chi connectivity index (χ1n) is 7.15. The number of anilines is 2. The number of carbonyl (C=O) groups is 2. The second-order valence-electron chi connectivity index (χ2n) is 5.02. The molecule has 0 aromatic heterocycles. The molecule has 0 saturated carbocycles. The normalized spacial score (nSPS) is 10.7. The van der Waals surface area contributed by atoms with E-state index in [2.05, 4.69) is 10.6 Å². The molecular weight excluding hydrogens is 361 g/mol. The number of nitrogens with one attached hydrogen (secondary N) is 2. The van der Waals surface area contributed by atoms with Gasteiger partial charge >= 0.3 is 0 Å². The van der Waals surface area contributed by atoms with E-state index in [4.69, 9.17) is 23.2 Å². The van der Waals surface area contributed by atoms with E-state index in [0.29, 0.717) is 27.0 Å². The first-order chi connectivity index (χ1) is 11.9. The maximum Gasteiger partial charge on any atom is 0.266 e. The predicted molar refractivity (Wildman–Crippen MR) is 99.4 cm³/mol. The molecule has 0 radical (unpaired) electrons. The van der Waals surface area contributed by atoms with Gasteiger partial charge in [0, 0.05) is 33.9 Å². The minimum absolute atomic E-state index is 0.138. The average molecular weight is 374 g/mol. The van der Waals surface area contributed by atoms with Crippen molar-refractivity contribution in [1.82, 2.24) is 0 Å². The summed E-state index contributed by atoms with van der Waals surface area (Å²) < 4.78 is 0. The molecule has 0 bridgehead atoms. The van der Waals surface area contributed by atoms with Gasteiger partial charge in [-0.2, -0.15) is 5.26 Å². The second kappa shape index (κ2) is 8.34. The fourth-order valence-corrected chi connectivity index (χ4v) is 2.49. The lowest BCUT2D eigenvalue weighted by atomic mass is 10.1. The van der Waals surface area contributed by atoms with E-state index >= 15 is 0 Å². The molecule has 0 saturated heterocycles. The van der Waals surface area contributed by atoms with E-state index in [1.807, 2.05) is 6.07 Å². The van der Waals surface area contributed by atoms with Crippen molar-refractivity contribution in [2.45, 2.75) is 6.92 Å². The predicted octanol–water partition coefficient (Wildman–Crippen LogP) is 4.50.